The first-order valence-electron chi connectivity index (χ1n) is 10.9. The van der Waals surface area contributed by atoms with Gasteiger partial charge in [0.15, 0.2) is 5.96 Å². The van der Waals surface area contributed by atoms with Crippen molar-refractivity contribution < 1.29 is 9.53 Å². The summed E-state index contributed by atoms with van der Waals surface area (Å²) in [4.78, 5) is 22.5. The molecule has 0 spiro atoms. The molecule has 174 valence electrons. The number of carbonyl (C=O) groups excluding carboxylic acids is 1. The fourth-order valence-corrected chi connectivity index (χ4v) is 3.67. The van der Waals surface area contributed by atoms with Crippen molar-refractivity contribution in [2.75, 3.05) is 27.7 Å². The first-order chi connectivity index (χ1) is 15.1. The third kappa shape index (κ3) is 7.65. The first-order valence-corrected chi connectivity index (χ1v) is 10.9. The molecule has 3 rings (SSSR count). The minimum absolute atomic E-state index is 0. The number of halogens is 1. The van der Waals surface area contributed by atoms with E-state index >= 15 is 0 Å². The minimum Gasteiger partial charge on any atom is -0.474 e. The molecule has 0 unspecified atom stereocenters. The SMILES string of the molecule is CN=C(NCCc1cccc(C(=O)N(C)C)c1)NCc1cccnc1OC1CCCC1.I. The van der Waals surface area contributed by atoms with Crippen LogP contribution >= 0.6 is 24.0 Å². The number of hydrogen-bond acceptors (Lipinski definition) is 4. The number of carbonyl (C=O) groups is 1. The maximum Gasteiger partial charge on any atom is 0.253 e. The zero-order chi connectivity index (χ0) is 22.1. The Kier molecular flexibility index (Phi) is 10.7. The van der Waals surface area contributed by atoms with Gasteiger partial charge in [-0.15, -0.1) is 24.0 Å². The van der Waals surface area contributed by atoms with Crippen LogP contribution in [-0.2, 0) is 13.0 Å². The number of guanidine groups is 1. The van der Waals surface area contributed by atoms with Crippen molar-refractivity contribution in [3.05, 3.63) is 59.3 Å². The van der Waals surface area contributed by atoms with Crippen LogP contribution in [0.25, 0.3) is 0 Å². The van der Waals surface area contributed by atoms with E-state index in [1.165, 1.54) is 12.8 Å². The largest absolute Gasteiger partial charge is 0.474 e. The van der Waals surface area contributed by atoms with E-state index in [0.29, 0.717) is 24.5 Å². The maximum atomic E-state index is 12.1. The van der Waals surface area contributed by atoms with Crippen LogP contribution in [-0.4, -0.2) is 55.5 Å². The summed E-state index contributed by atoms with van der Waals surface area (Å²) in [7, 11) is 5.28. The molecule has 0 aliphatic heterocycles. The standard InChI is InChI=1S/C24H33N5O2.HI/c1-25-24(27-15-13-18-8-6-9-19(16-18)23(30)29(2)3)28-17-20-10-7-14-26-22(20)31-21-11-4-5-12-21;/h6-10,14,16,21H,4-5,11-13,15,17H2,1-3H3,(H2,25,27,28);1H. The normalized spacial score (nSPS) is 13.9. The Morgan fingerprint density at radius 1 is 1.19 bits per heavy atom. The van der Waals surface area contributed by atoms with Crippen LogP contribution in [0.1, 0.15) is 47.2 Å². The molecule has 2 aromatic rings. The molecule has 1 fully saturated rings. The molecular weight excluding hydrogens is 517 g/mol. The van der Waals surface area contributed by atoms with E-state index in [-0.39, 0.29) is 36.0 Å². The predicted octanol–water partition coefficient (Wildman–Crippen LogP) is 3.63. The van der Waals surface area contributed by atoms with Crippen molar-refractivity contribution in [1.82, 2.24) is 20.5 Å². The lowest BCUT2D eigenvalue weighted by Gasteiger charge is -2.17. The van der Waals surface area contributed by atoms with Crippen LogP contribution in [0.15, 0.2) is 47.6 Å². The third-order valence-electron chi connectivity index (χ3n) is 5.39. The molecule has 1 aliphatic carbocycles. The maximum absolute atomic E-state index is 12.1. The van der Waals surface area contributed by atoms with Crippen molar-refractivity contribution in [3.8, 4) is 5.88 Å². The van der Waals surface area contributed by atoms with E-state index in [4.69, 9.17) is 4.74 Å². The summed E-state index contributed by atoms with van der Waals surface area (Å²) < 4.78 is 6.12. The highest BCUT2D eigenvalue weighted by Gasteiger charge is 2.18. The van der Waals surface area contributed by atoms with Gasteiger partial charge >= 0.3 is 0 Å². The number of rotatable bonds is 8. The second kappa shape index (κ2) is 13.2. The van der Waals surface area contributed by atoms with Crippen LogP contribution < -0.4 is 15.4 Å². The lowest BCUT2D eigenvalue weighted by atomic mass is 10.1. The summed E-state index contributed by atoms with van der Waals surface area (Å²) in [5, 5.41) is 6.67. The monoisotopic (exact) mass is 551 g/mol. The van der Waals surface area contributed by atoms with E-state index in [1.54, 1.807) is 32.2 Å². The lowest BCUT2D eigenvalue weighted by molar-refractivity contribution is 0.0827. The molecule has 1 aliphatic rings. The van der Waals surface area contributed by atoms with E-state index < -0.39 is 0 Å². The van der Waals surface area contributed by atoms with Crippen LogP contribution in [0.2, 0.25) is 0 Å². The number of aromatic nitrogens is 1. The van der Waals surface area contributed by atoms with Gasteiger partial charge in [0.05, 0.1) is 0 Å². The third-order valence-corrected chi connectivity index (χ3v) is 5.39. The number of benzene rings is 1. The summed E-state index contributed by atoms with van der Waals surface area (Å²) in [5.74, 6) is 1.44. The highest BCUT2D eigenvalue weighted by Crippen LogP contribution is 2.24. The van der Waals surface area contributed by atoms with Crippen molar-refractivity contribution in [2.24, 2.45) is 4.99 Å². The number of ether oxygens (including phenoxy) is 1. The lowest BCUT2D eigenvalue weighted by Crippen LogP contribution is -2.38. The number of pyridine rings is 1. The molecule has 0 radical (unpaired) electrons. The molecular formula is C24H34IN5O2. The summed E-state index contributed by atoms with van der Waals surface area (Å²) in [6.45, 7) is 1.29. The molecule has 8 heteroatoms. The van der Waals surface area contributed by atoms with Gasteiger partial charge in [-0.25, -0.2) is 4.98 Å². The van der Waals surface area contributed by atoms with E-state index in [0.717, 1.165) is 36.3 Å². The van der Waals surface area contributed by atoms with Crippen molar-refractivity contribution >= 4 is 35.8 Å². The molecule has 1 aromatic heterocycles. The zero-order valence-electron chi connectivity index (χ0n) is 19.1. The molecule has 1 amide bonds. The topological polar surface area (TPSA) is 78.9 Å². The molecule has 1 heterocycles. The molecule has 1 aromatic carbocycles. The number of nitrogens with one attached hydrogen (secondary N) is 2. The Bertz CT molecular complexity index is 897. The van der Waals surface area contributed by atoms with Crippen molar-refractivity contribution in [2.45, 2.75) is 44.8 Å². The molecule has 2 N–H and O–H groups in total. The first kappa shape index (κ1) is 25.9. The second-order valence-electron chi connectivity index (χ2n) is 7.99. The van der Waals surface area contributed by atoms with Gasteiger partial charge in [0.1, 0.15) is 6.10 Å². The summed E-state index contributed by atoms with van der Waals surface area (Å²) >= 11 is 0. The van der Waals surface area contributed by atoms with Gasteiger partial charge in [-0.05, 0) is 55.9 Å². The van der Waals surface area contributed by atoms with Crippen LogP contribution in [0.4, 0.5) is 0 Å². The Morgan fingerprint density at radius 3 is 2.69 bits per heavy atom. The summed E-state index contributed by atoms with van der Waals surface area (Å²) in [5.41, 5.74) is 2.83. The Balaban J connectivity index is 0.00000363. The molecule has 32 heavy (non-hydrogen) atoms. The number of aliphatic imine (C=N–C) groups is 1. The average molecular weight is 551 g/mol. The smallest absolute Gasteiger partial charge is 0.253 e. The van der Waals surface area contributed by atoms with Gasteiger partial charge in [0.25, 0.3) is 5.91 Å². The molecule has 0 bridgehead atoms. The van der Waals surface area contributed by atoms with E-state index in [1.807, 2.05) is 36.4 Å². The van der Waals surface area contributed by atoms with Gasteiger partial charge in [0, 0.05) is 51.6 Å². The quantitative estimate of drug-likeness (QED) is 0.298. The average Bonchev–Trinajstić information content (AvgIpc) is 3.29. The fraction of sp³-hybridized carbons (Fsp3) is 0.458. The van der Waals surface area contributed by atoms with Crippen LogP contribution in [0.5, 0.6) is 5.88 Å². The zero-order valence-corrected chi connectivity index (χ0v) is 21.5. The Labute approximate surface area is 208 Å². The van der Waals surface area contributed by atoms with E-state index in [9.17, 15) is 4.79 Å². The van der Waals surface area contributed by atoms with Gasteiger partial charge in [0.2, 0.25) is 5.88 Å². The minimum atomic E-state index is 0. The highest BCUT2D eigenvalue weighted by atomic mass is 127. The van der Waals surface area contributed by atoms with E-state index in [2.05, 4.69) is 20.6 Å². The van der Waals surface area contributed by atoms with Crippen molar-refractivity contribution in [1.29, 1.82) is 0 Å². The summed E-state index contributed by atoms with van der Waals surface area (Å²) in [6.07, 6.45) is 7.51. The fourth-order valence-electron chi connectivity index (χ4n) is 3.67. The molecule has 0 atom stereocenters. The Hall–Kier alpha value is -2.36. The summed E-state index contributed by atoms with van der Waals surface area (Å²) in [6, 6.07) is 11.7. The number of nitrogens with zero attached hydrogens (tertiary/aromatic N) is 3. The van der Waals surface area contributed by atoms with Gasteiger partial charge in [-0.3, -0.25) is 9.79 Å². The van der Waals surface area contributed by atoms with Gasteiger partial charge in [-0.1, -0.05) is 18.2 Å². The number of hydrogen-bond donors (Lipinski definition) is 2. The predicted molar refractivity (Wildman–Crippen MR) is 139 cm³/mol. The highest BCUT2D eigenvalue weighted by molar-refractivity contribution is 14.0. The molecule has 0 saturated heterocycles. The Morgan fingerprint density at radius 2 is 1.97 bits per heavy atom. The number of amides is 1. The van der Waals surface area contributed by atoms with Crippen LogP contribution in [0, 0.1) is 0 Å². The van der Waals surface area contributed by atoms with Gasteiger partial charge in [-0.2, -0.15) is 0 Å². The molecule has 1 saturated carbocycles. The van der Waals surface area contributed by atoms with Gasteiger partial charge < -0.3 is 20.3 Å². The van der Waals surface area contributed by atoms with Crippen LogP contribution in [0.3, 0.4) is 0 Å². The second-order valence-corrected chi connectivity index (χ2v) is 7.99. The van der Waals surface area contributed by atoms with Crippen molar-refractivity contribution in [3.63, 3.8) is 0 Å². The molecule has 7 nitrogen and oxygen atoms in total.